The van der Waals surface area contributed by atoms with E-state index >= 15 is 0 Å². The maximum atomic E-state index is 12.4. The van der Waals surface area contributed by atoms with Gasteiger partial charge >= 0.3 is 6.18 Å². The summed E-state index contributed by atoms with van der Waals surface area (Å²) in [5.74, 6) is 0. The second kappa shape index (κ2) is 6.42. The van der Waals surface area contributed by atoms with Gasteiger partial charge in [0.25, 0.3) is 0 Å². The van der Waals surface area contributed by atoms with Crippen LogP contribution in [-0.2, 0) is 0 Å². The van der Waals surface area contributed by atoms with Crippen molar-refractivity contribution in [1.82, 2.24) is 10.2 Å². The molecule has 0 radical (unpaired) electrons. The number of rotatable bonds is 5. The lowest BCUT2D eigenvalue weighted by atomic mass is 10.0. The molecule has 1 fully saturated rings. The molecule has 0 spiro atoms. The molecule has 16 heavy (non-hydrogen) atoms. The van der Waals surface area contributed by atoms with Crippen molar-refractivity contribution in [3.8, 4) is 0 Å². The highest BCUT2D eigenvalue weighted by Crippen LogP contribution is 2.21. The molecule has 1 aliphatic heterocycles. The molecule has 0 aromatic rings. The summed E-state index contributed by atoms with van der Waals surface area (Å²) in [4.78, 5) is 1.46. The second-order valence-electron chi connectivity index (χ2n) is 4.14. The number of nitrogens with zero attached hydrogens (tertiary/aromatic N) is 1. The van der Waals surface area contributed by atoms with E-state index in [1.807, 2.05) is 0 Å². The largest absolute Gasteiger partial charge is 0.401 e. The number of halogens is 3. The van der Waals surface area contributed by atoms with E-state index in [9.17, 15) is 13.2 Å². The Morgan fingerprint density at radius 1 is 1.25 bits per heavy atom. The third kappa shape index (κ3) is 5.14. The number of hydrogen-bond donors (Lipinski definition) is 2. The number of aliphatic hydroxyl groups is 1. The monoisotopic (exact) mass is 240 g/mol. The topological polar surface area (TPSA) is 35.5 Å². The average Bonchev–Trinajstić information content (AvgIpc) is 2.24. The van der Waals surface area contributed by atoms with Gasteiger partial charge in [0.2, 0.25) is 0 Å². The summed E-state index contributed by atoms with van der Waals surface area (Å²) in [5.41, 5.74) is 0. The van der Waals surface area contributed by atoms with Gasteiger partial charge in [0.15, 0.2) is 0 Å². The van der Waals surface area contributed by atoms with Gasteiger partial charge in [-0.3, -0.25) is 4.90 Å². The summed E-state index contributed by atoms with van der Waals surface area (Å²) in [5, 5.41) is 11.8. The van der Waals surface area contributed by atoms with Crippen molar-refractivity contribution < 1.29 is 18.3 Å². The molecule has 3 nitrogen and oxygen atoms in total. The minimum absolute atomic E-state index is 0.00516. The summed E-state index contributed by atoms with van der Waals surface area (Å²) in [7, 11) is 0. The molecule has 1 rings (SSSR count). The fourth-order valence-electron chi connectivity index (χ4n) is 2.07. The minimum Gasteiger partial charge on any atom is -0.396 e. The number of hydrogen-bond acceptors (Lipinski definition) is 3. The number of aliphatic hydroxyl groups excluding tert-OH is 1. The maximum absolute atomic E-state index is 12.4. The van der Waals surface area contributed by atoms with Gasteiger partial charge in [-0.05, 0) is 32.4 Å². The molecule has 0 aromatic carbocycles. The van der Waals surface area contributed by atoms with Gasteiger partial charge in [-0.25, -0.2) is 0 Å². The van der Waals surface area contributed by atoms with Crippen molar-refractivity contribution >= 4 is 0 Å². The zero-order valence-electron chi connectivity index (χ0n) is 9.26. The first-order chi connectivity index (χ1) is 7.53. The zero-order chi connectivity index (χ0) is 12.0. The molecule has 1 aliphatic rings. The third-order valence-corrected chi connectivity index (χ3v) is 2.81. The molecule has 0 aliphatic carbocycles. The summed E-state index contributed by atoms with van der Waals surface area (Å²) < 4.78 is 37.1. The van der Waals surface area contributed by atoms with Crippen molar-refractivity contribution in [2.45, 2.75) is 31.5 Å². The Morgan fingerprint density at radius 3 is 2.38 bits per heavy atom. The number of piperidine rings is 1. The van der Waals surface area contributed by atoms with E-state index in [1.165, 1.54) is 4.90 Å². The molecule has 0 aromatic heterocycles. The van der Waals surface area contributed by atoms with Crippen LogP contribution in [-0.4, -0.2) is 55.0 Å². The Balaban J connectivity index is 2.47. The van der Waals surface area contributed by atoms with Crippen molar-refractivity contribution in [3.05, 3.63) is 0 Å². The third-order valence-electron chi connectivity index (χ3n) is 2.81. The summed E-state index contributed by atoms with van der Waals surface area (Å²) >= 11 is 0. The lowest BCUT2D eigenvalue weighted by Crippen LogP contribution is -2.47. The van der Waals surface area contributed by atoms with Crippen molar-refractivity contribution in [1.29, 1.82) is 0 Å². The molecule has 1 saturated heterocycles. The zero-order valence-corrected chi connectivity index (χ0v) is 9.26. The smallest absolute Gasteiger partial charge is 0.396 e. The first kappa shape index (κ1) is 13.7. The van der Waals surface area contributed by atoms with Crippen LogP contribution in [0, 0.1) is 0 Å². The number of alkyl halides is 3. The Kier molecular flexibility index (Phi) is 5.51. The van der Waals surface area contributed by atoms with Gasteiger partial charge in [0, 0.05) is 19.2 Å². The van der Waals surface area contributed by atoms with Crippen LogP contribution in [0.5, 0.6) is 0 Å². The fraction of sp³-hybridized carbons (Fsp3) is 1.00. The first-order valence-electron chi connectivity index (χ1n) is 5.65. The molecule has 6 heteroatoms. The Bertz CT molecular complexity index is 193. The predicted octanol–water partition coefficient (Wildman–Crippen LogP) is 0.985. The van der Waals surface area contributed by atoms with Crippen LogP contribution in [0.15, 0.2) is 0 Å². The van der Waals surface area contributed by atoms with E-state index in [-0.39, 0.29) is 12.6 Å². The Hall–Kier alpha value is -0.330. The molecule has 1 heterocycles. The van der Waals surface area contributed by atoms with Crippen LogP contribution in [0.1, 0.15) is 19.3 Å². The predicted molar refractivity (Wildman–Crippen MR) is 55.2 cm³/mol. The molecular weight excluding hydrogens is 221 g/mol. The average molecular weight is 240 g/mol. The van der Waals surface area contributed by atoms with Gasteiger partial charge in [-0.15, -0.1) is 0 Å². The Morgan fingerprint density at radius 2 is 1.88 bits per heavy atom. The molecule has 0 unspecified atom stereocenters. The highest BCUT2D eigenvalue weighted by molar-refractivity contribution is 4.79. The van der Waals surface area contributed by atoms with E-state index in [1.54, 1.807) is 0 Å². The minimum atomic E-state index is -4.15. The van der Waals surface area contributed by atoms with Gasteiger partial charge < -0.3 is 10.4 Å². The van der Waals surface area contributed by atoms with Gasteiger partial charge in [0.1, 0.15) is 0 Å². The highest BCUT2D eigenvalue weighted by atomic mass is 19.4. The van der Waals surface area contributed by atoms with E-state index in [2.05, 4.69) is 5.32 Å². The van der Waals surface area contributed by atoms with E-state index in [4.69, 9.17) is 5.11 Å². The molecule has 2 N–H and O–H groups in total. The highest BCUT2D eigenvalue weighted by Gasteiger charge is 2.33. The molecule has 0 amide bonds. The summed E-state index contributed by atoms with van der Waals surface area (Å²) in [6.45, 7) is 0.952. The second-order valence-corrected chi connectivity index (χ2v) is 4.14. The van der Waals surface area contributed by atoms with Crippen molar-refractivity contribution in [3.63, 3.8) is 0 Å². The van der Waals surface area contributed by atoms with Crippen LogP contribution >= 0.6 is 0 Å². The molecule has 0 atom stereocenters. The lowest BCUT2D eigenvalue weighted by Gasteiger charge is -2.35. The van der Waals surface area contributed by atoms with Gasteiger partial charge in [-0.2, -0.15) is 13.2 Å². The molecular formula is C10H19F3N2O. The lowest BCUT2D eigenvalue weighted by molar-refractivity contribution is -0.152. The molecule has 0 saturated carbocycles. The fourth-order valence-corrected chi connectivity index (χ4v) is 2.07. The van der Waals surface area contributed by atoms with Gasteiger partial charge in [0.05, 0.1) is 6.54 Å². The van der Waals surface area contributed by atoms with Crippen LogP contribution in [0.2, 0.25) is 0 Å². The quantitative estimate of drug-likeness (QED) is 0.752. The summed E-state index contributed by atoms with van der Waals surface area (Å²) in [6, 6.07) is -0.00516. The van der Waals surface area contributed by atoms with Crippen LogP contribution in [0.3, 0.4) is 0 Å². The van der Waals surface area contributed by atoms with E-state index in [0.717, 1.165) is 25.9 Å². The Labute approximate surface area is 93.6 Å². The summed E-state index contributed by atoms with van der Waals surface area (Å²) in [6.07, 6.45) is -2.25. The van der Waals surface area contributed by atoms with Crippen molar-refractivity contribution in [2.75, 3.05) is 32.8 Å². The van der Waals surface area contributed by atoms with Crippen LogP contribution in [0.4, 0.5) is 13.2 Å². The normalized spacial score (nSPS) is 19.3. The van der Waals surface area contributed by atoms with Crippen molar-refractivity contribution in [2.24, 2.45) is 0 Å². The first-order valence-corrected chi connectivity index (χ1v) is 5.65. The van der Waals surface area contributed by atoms with E-state index in [0.29, 0.717) is 13.0 Å². The van der Waals surface area contributed by atoms with Gasteiger partial charge in [-0.1, -0.05) is 0 Å². The van der Waals surface area contributed by atoms with Crippen LogP contribution in [0.25, 0.3) is 0 Å². The SMILES string of the molecule is OCCCN(CC(F)(F)F)C1CCNCC1. The van der Waals surface area contributed by atoms with E-state index < -0.39 is 12.7 Å². The van der Waals surface area contributed by atoms with Crippen LogP contribution < -0.4 is 5.32 Å². The number of nitrogens with one attached hydrogen (secondary N) is 1. The standard InChI is InChI=1S/C10H19F3N2O/c11-10(12,13)8-15(6-1-7-16)9-2-4-14-5-3-9/h9,14,16H,1-8H2. The molecule has 96 valence electrons. The molecule has 0 bridgehead atoms. The maximum Gasteiger partial charge on any atom is 0.401 e.